The van der Waals surface area contributed by atoms with Crippen LogP contribution < -0.4 is 0 Å². The quantitative estimate of drug-likeness (QED) is 0.397. The summed E-state index contributed by atoms with van der Waals surface area (Å²) in [6.07, 6.45) is 6.35. The van der Waals surface area contributed by atoms with Crippen molar-refractivity contribution in [2.24, 2.45) is 5.92 Å². The van der Waals surface area contributed by atoms with E-state index in [1.165, 1.54) is 7.11 Å². The Labute approximate surface area is 82.7 Å². The van der Waals surface area contributed by atoms with Crippen molar-refractivity contribution in [2.75, 3.05) is 13.7 Å². The molecule has 13 heavy (non-hydrogen) atoms. The summed E-state index contributed by atoms with van der Waals surface area (Å²) in [5.74, 6) is -0.144. The molecule has 0 aromatic carbocycles. The number of esters is 1. The van der Waals surface area contributed by atoms with Crippen molar-refractivity contribution in [3.8, 4) is 0 Å². The zero-order valence-corrected chi connectivity index (χ0v) is 8.29. The van der Waals surface area contributed by atoms with Gasteiger partial charge in [0, 0.05) is 5.92 Å². The molecule has 0 saturated heterocycles. The summed E-state index contributed by atoms with van der Waals surface area (Å²) in [7, 11) is 1.29. The number of hydrogen-bond donors (Lipinski definition) is 0. The zero-order valence-electron chi connectivity index (χ0n) is 7.53. The van der Waals surface area contributed by atoms with Crippen molar-refractivity contribution in [1.29, 1.82) is 0 Å². The van der Waals surface area contributed by atoms with Gasteiger partial charge >= 0.3 is 5.97 Å². The van der Waals surface area contributed by atoms with Crippen LogP contribution in [0.5, 0.6) is 0 Å². The largest absolute Gasteiger partial charge is 0.466 e. The molecule has 0 amide bonds. The highest BCUT2D eigenvalue weighted by Crippen LogP contribution is 2.18. The Bertz CT molecular complexity index is 203. The van der Waals surface area contributed by atoms with Gasteiger partial charge in [-0.2, -0.15) is 0 Å². The predicted octanol–water partition coefficient (Wildman–Crippen LogP) is 1.71. The molecule has 2 unspecified atom stereocenters. The van der Waals surface area contributed by atoms with E-state index in [9.17, 15) is 4.79 Å². The molecule has 1 rings (SSSR count). The van der Waals surface area contributed by atoms with Crippen LogP contribution in [0.2, 0.25) is 0 Å². The molecule has 0 aliphatic heterocycles. The Morgan fingerprint density at radius 2 is 2.54 bits per heavy atom. The topological polar surface area (TPSA) is 35.5 Å². The van der Waals surface area contributed by atoms with Crippen LogP contribution in [0.4, 0.5) is 0 Å². The number of halogens is 1. The van der Waals surface area contributed by atoms with Crippen LogP contribution in [0.3, 0.4) is 0 Å². The van der Waals surface area contributed by atoms with Gasteiger partial charge in [0.05, 0.1) is 13.7 Å². The minimum atomic E-state index is -0.973. The lowest BCUT2D eigenvalue weighted by Gasteiger charge is -2.11. The van der Waals surface area contributed by atoms with Crippen molar-refractivity contribution >= 4 is 17.6 Å². The van der Waals surface area contributed by atoms with E-state index in [1.54, 1.807) is 0 Å². The molecule has 0 bridgehead atoms. The summed E-state index contributed by atoms with van der Waals surface area (Å²) in [6, 6.07) is 0. The number of allylic oxidation sites excluding steroid dienone is 1. The third-order valence-corrected chi connectivity index (χ3v) is 2.26. The van der Waals surface area contributed by atoms with Gasteiger partial charge < -0.3 is 9.47 Å². The molecule has 0 saturated carbocycles. The Kier molecular flexibility index (Phi) is 4.25. The average molecular weight is 205 g/mol. The van der Waals surface area contributed by atoms with E-state index in [-0.39, 0.29) is 0 Å². The number of methoxy groups -OCH3 is 1. The molecule has 3 nitrogen and oxygen atoms in total. The second-order valence-electron chi connectivity index (χ2n) is 2.94. The van der Waals surface area contributed by atoms with Gasteiger partial charge in [0.1, 0.15) is 0 Å². The van der Waals surface area contributed by atoms with Crippen LogP contribution in [0.25, 0.3) is 0 Å². The SMILES string of the molecule is COC(=O)C(Cl)OCC1C=CCC1. The monoisotopic (exact) mass is 204 g/mol. The van der Waals surface area contributed by atoms with Crippen molar-refractivity contribution < 1.29 is 14.3 Å². The standard InChI is InChI=1S/C9H13ClO3/c1-12-9(11)8(10)13-6-7-4-2-3-5-7/h2,4,7-8H,3,5-6H2,1H3. The average Bonchev–Trinajstić information content (AvgIpc) is 2.65. The maximum Gasteiger partial charge on any atom is 0.350 e. The van der Waals surface area contributed by atoms with E-state index in [0.717, 1.165) is 12.8 Å². The summed E-state index contributed by atoms with van der Waals surface area (Å²) in [6.45, 7) is 0.486. The van der Waals surface area contributed by atoms with Crippen LogP contribution in [-0.4, -0.2) is 25.2 Å². The maximum atomic E-state index is 10.8. The third-order valence-electron chi connectivity index (χ3n) is 1.96. The lowest BCUT2D eigenvalue weighted by atomic mass is 10.1. The number of rotatable bonds is 4. The summed E-state index contributed by atoms with van der Waals surface area (Å²) in [5, 5.41) is 0. The van der Waals surface area contributed by atoms with E-state index >= 15 is 0 Å². The molecule has 4 heteroatoms. The first-order valence-corrected chi connectivity index (χ1v) is 4.68. The Morgan fingerprint density at radius 1 is 1.77 bits per heavy atom. The molecule has 0 aromatic heterocycles. The first-order valence-electron chi connectivity index (χ1n) is 4.24. The van der Waals surface area contributed by atoms with E-state index in [0.29, 0.717) is 12.5 Å². The number of carbonyl (C=O) groups is 1. The van der Waals surface area contributed by atoms with Crippen LogP contribution in [0, 0.1) is 5.92 Å². The van der Waals surface area contributed by atoms with Gasteiger partial charge in [-0.25, -0.2) is 4.79 Å². The summed E-state index contributed by atoms with van der Waals surface area (Å²) in [5.41, 5.74) is -0.973. The first kappa shape index (κ1) is 10.5. The normalized spacial score (nSPS) is 23.1. The van der Waals surface area contributed by atoms with Crippen LogP contribution in [-0.2, 0) is 14.3 Å². The summed E-state index contributed by atoms with van der Waals surface area (Å²) >= 11 is 5.59. The van der Waals surface area contributed by atoms with E-state index in [2.05, 4.69) is 16.9 Å². The third kappa shape index (κ3) is 3.36. The van der Waals surface area contributed by atoms with E-state index < -0.39 is 11.5 Å². The van der Waals surface area contributed by atoms with Crippen LogP contribution in [0.1, 0.15) is 12.8 Å². The molecule has 0 heterocycles. The highest BCUT2D eigenvalue weighted by Gasteiger charge is 2.18. The summed E-state index contributed by atoms with van der Waals surface area (Å²) in [4.78, 5) is 10.8. The number of ether oxygens (including phenoxy) is 2. The first-order chi connectivity index (χ1) is 6.24. The van der Waals surface area contributed by atoms with Gasteiger partial charge in [0.2, 0.25) is 5.56 Å². The second-order valence-corrected chi connectivity index (χ2v) is 3.33. The van der Waals surface area contributed by atoms with Crippen molar-refractivity contribution in [2.45, 2.75) is 18.4 Å². The van der Waals surface area contributed by atoms with E-state index in [1.807, 2.05) is 0 Å². The van der Waals surface area contributed by atoms with Gasteiger partial charge in [-0.05, 0) is 12.8 Å². The number of carbonyl (C=O) groups excluding carboxylic acids is 1. The molecule has 1 aliphatic rings. The molecule has 0 fully saturated rings. The molecule has 0 spiro atoms. The molecular formula is C9H13ClO3. The molecule has 0 radical (unpaired) electrons. The van der Waals surface area contributed by atoms with Crippen molar-refractivity contribution in [3.63, 3.8) is 0 Å². The van der Waals surface area contributed by atoms with Gasteiger partial charge in [-0.1, -0.05) is 23.8 Å². The summed E-state index contributed by atoms with van der Waals surface area (Å²) < 4.78 is 9.53. The minimum absolute atomic E-state index is 0.394. The number of alkyl halides is 1. The van der Waals surface area contributed by atoms with Crippen molar-refractivity contribution in [3.05, 3.63) is 12.2 Å². The molecule has 2 atom stereocenters. The number of hydrogen-bond acceptors (Lipinski definition) is 3. The van der Waals surface area contributed by atoms with Gasteiger partial charge in [0.15, 0.2) is 0 Å². The van der Waals surface area contributed by atoms with Gasteiger partial charge in [-0.15, -0.1) is 0 Å². The van der Waals surface area contributed by atoms with Crippen LogP contribution in [0.15, 0.2) is 12.2 Å². The fourth-order valence-corrected chi connectivity index (χ4v) is 1.36. The fraction of sp³-hybridized carbons (Fsp3) is 0.667. The Morgan fingerprint density at radius 3 is 3.08 bits per heavy atom. The molecule has 1 aliphatic carbocycles. The fourth-order valence-electron chi connectivity index (χ4n) is 1.20. The predicted molar refractivity (Wildman–Crippen MR) is 49.5 cm³/mol. The highest BCUT2D eigenvalue weighted by molar-refractivity contribution is 6.28. The second kappa shape index (κ2) is 5.25. The lowest BCUT2D eigenvalue weighted by Crippen LogP contribution is -2.22. The molecule has 0 aromatic rings. The zero-order chi connectivity index (χ0) is 9.68. The maximum absolute atomic E-state index is 10.8. The van der Waals surface area contributed by atoms with E-state index in [4.69, 9.17) is 16.3 Å². The lowest BCUT2D eigenvalue weighted by molar-refractivity contribution is -0.149. The van der Waals surface area contributed by atoms with Crippen molar-refractivity contribution in [1.82, 2.24) is 0 Å². The minimum Gasteiger partial charge on any atom is -0.466 e. The van der Waals surface area contributed by atoms with Gasteiger partial charge in [-0.3, -0.25) is 0 Å². The highest BCUT2D eigenvalue weighted by atomic mass is 35.5. The molecule has 74 valence electrons. The Balaban J connectivity index is 2.17. The van der Waals surface area contributed by atoms with Crippen LogP contribution >= 0.6 is 11.6 Å². The van der Waals surface area contributed by atoms with Gasteiger partial charge in [0.25, 0.3) is 0 Å². The molecule has 0 N–H and O–H groups in total. The Hall–Kier alpha value is -0.540. The smallest absolute Gasteiger partial charge is 0.350 e. The molecular weight excluding hydrogens is 192 g/mol.